The van der Waals surface area contributed by atoms with Crippen LogP contribution in [0.2, 0.25) is 5.02 Å². The van der Waals surface area contributed by atoms with Gasteiger partial charge in [0.2, 0.25) is 0 Å². The van der Waals surface area contributed by atoms with Crippen LogP contribution in [0, 0.1) is 0 Å². The lowest BCUT2D eigenvalue weighted by molar-refractivity contribution is 0.103. The molecule has 0 amide bonds. The molecule has 1 unspecified atom stereocenters. The van der Waals surface area contributed by atoms with Gasteiger partial charge in [-0.3, -0.25) is 0 Å². The third-order valence-corrected chi connectivity index (χ3v) is 3.52. The van der Waals surface area contributed by atoms with Gasteiger partial charge < -0.3 is 14.8 Å². The molecule has 1 saturated heterocycles. The molecule has 1 fully saturated rings. The van der Waals surface area contributed by atoms with Gasteiger partial charge in [0.1, 0.15) is 5.75 Å². The largest absolute Gasteiger partial charge is 0.495 e. The molecule has 3 nitrogen and oxygen atoms in total. The standard InChI is InChI=1S/C14H20ClNO2/c1-17-14-10-11(6-7-13(14)15)16-8-2-4-12-5-3-9-18-12/h6-7,10,12,16H,2-5,8-9H2,1H3. The van der Waals surface area contributed by atoms with Crippen molar-refractivity contribution < 1.29 is 9.47 Å². The van der Waals surface area contributed by atoms with Crippen molar-refractivity contribution in [3.05, 3.63) is 23.2 Å². The van der Waals surface area contributed by atoms with Crippen molar-refractivity contribution in [1.82, 2.24) is 0 Å². The molecular weight excluding hydrogens is 250 g/mol. The van der Waals surface area contributed by atoms with Crippen molar-refractivity contribution in [1.29, 1.82) is 0 Å². The topological polar surface area (TPSA) is 30.5 Å². The van der Waals surface area contributed by atoms with Crippen LogP contribution < -0.4 is 10.1 Å². The summed E-state index contributed by atoms with van der Waals surface area (Å²) in [6.07, 6.45) is 5.17. The smallest absolute Gasteiger partial charge is 0.139 e. The van der Waals surface area contributed by atoms with E-state index in [1.165, 1.54) is 12.8 Å². The monoisotopic (exact) mass is 269 g/mol. The van der Waals surface area contributed by atoms with Crippen LogP contribution in [0.1, 0.15) is 25.7 Å². The van der Waals surface area contributed by atoms with Crippen molar-refractivity contribution >= 4 is 17.3 Å². The Bertz CT molecular complexity index is 378. The molecule has 0 spiro atoms. The second-order valence-corrected chi connectivity index (χ2v) is 4.96. The Morgan fingerprint density at radius 3 is 3.11 bits per heavy atom. The van der Waals surface area contributed by atoms with Gasteiger partial charge in [0.25, 0.3) is 0 Å². The number of halogens is 1. The minimum Gasteiger partial charge on any atom is -0.495 e. The summed E-state index contributed by atoms with van der Waals surface area (Å²) in [5.41, 5.74) is 1.04. The van der Waals surface area contributed by atoms with Crippen LogP contribution in [0.25, 0.3) is 0 Å². The first-order valence-electron chi connectivity index (χ1n) is 6.48. The average Bonchev–Trinajstić information content (AvgIpc) is 2.89. The molecule has 18 heavy (non-hydrogen) atoms. The molecule has 4 heteroatoms. The molecular formula is C14H20ClNO2. The Morgan fingerprint density at radius 2 is 2.39 bits per heavy atom. The quantitative estimate of drug-likeness (QED) is 0.799. The van der Waals surface area contributed by atoms with E-state index in [0.29, 0.717) is 16.9 Å². The third-order valence-electron chi connectivity index (χ3n) is 3.21. The number of benzene rings is 1. The highest BCUT2D eigenvalue weighted by molar-refractivity contribution is 6.32. The minimum absolute atomic E-state index is 0.478. The molecule has 1 aliphatic rings. The van der Waals surface area contributed by atoms with E-state index in [4.69, 9.17) is 21.1 Å². The maximum absolute atomic E-state index is 5.97. The average molecular weight is 270 g/mol. The van der Waals surface area contributed by atoms with Crippen LogP contribution >= 0.6 is 11.6 Å². The normalized spacial score (nSPS) is 18.9. The van der Waals surface area contributed by atoms with Gasteiger partial charge in [-0.15, -0.1) is 0 Å². The summed E-state index contributed by atoms with van der Waals surface area (Å²) in [6.45, 7) is 1.89. The SMILES string of the molecule is COc1cc(NCCCC2CCCO2)ccc1Cl. The minimum atomic E-state index is 0.478. The molecule has 0 radical (unpaired) electrons. The first kappa shape index (κ1) is 13.5. The summed E-state index contributed by atoms with van der Waals surface area (Å²) in [5.74, 6) is 0.709. The Morgan fingerprint density at radius 1 is 1.50 bits per heavy atom. The molecule has 100 valence electrons. The Labute approximate surface area is 113 Å². The molecule has 0 bridgehead atoms. The van der Waals surface area contributed by atoms with E-state index < -0.39 is 0 Å². The van der Waals surface area contributed by atoms with Crippen LogP contribution in [-0.2, 0) is 4.74 Å². The van der Waals surface area contributed by atoms with E-state index in [0.717, 1.165) is 31.7 Å². The van der Waals surface area contributed by atoms with Crippen molar-refractivity contribution in [3.63, 3.8) is 0 Å². The van der Waals surface area contributed by atoms with Crippen molar-refractivity contribution in [3.8, 4) is 5.75 Å². The Hall–Kier alpha value is -0.930. The summed E-state index contributed by atoms with van der Waals surface area (Å²) in [6, 6.07) is 5.74. The van der Waals surface area contributed by atoms with E-state index >= 15 is 0 Å². The fourth-order valence-corrected chi connectivity index (χ4v) is 2.40. The van der Waals surface area contributed by atoms with Gasteiger partial charge in [0.15, 0.2) is 0 Å². The summed E-state index contributed by atoms with van der Waals surface area (Å²) in [4.78, 5) is 0. The second kappa shape index (κ2) is 6.86. The highest BCUT2D eigenvalue weighted by Crippen LogP contribution is 2.27. The van der Waals surface area contributed by atoms with E-state index in [9.17, 15) is 0 Å². The second-order valence-electron chi connectivity index (χ2n) is 4.55. The van der Waals surface area contributed by atoms with E-state index in [-0.39, 0.29) is 0 Å². The number of nitrogens with one attached hydrogen (secondary N) is 1. The lowest BCUT2D eigenvalue weighted by Crippen LogP contribution is -2.09. The van der Waals surface area contributed by atoms with E-state index in [1.54, 1.807) is 7.11 Å². The molecule has 1 atom stereocenters. The van der Waals surface area contributed by atoms with Gasteiger partial charge in [-0.1, -0.05) is 11.6 Å². The first-order chi connectivity index (χ1) is 8.79. The lowest BCUT2D eigenvalue weighted by atomic mass is 10.1. The van der Waals surface area contributed by atoms with Gasteiger partial charge in [0.05, 0.1) is 18.2 Å². The first-order valence-corrected chi connectivity index (χ1v) is 6.86. The van der Waals surface area contributed by atoms with Gasteiger partial charge in [-0.25, -0.2) is 0 Å². The van der Waals surface area contributed by atoms with Crippen LogP contribution in [0.15, 0.2) is 18.2 Å². The maximum atomic E-state index is 5.97. The lowest BCUT2D eigenvalue weighted by Gasteiger charge is -2.11. The van der Waals surface area contributed by atoms with Crippen LogP contribution in [0.3, 0.4) is 0 Å². The fourth-order valence-electron chi connectivity index (χ4n) is 2.20. The summed E-state index contributed by atoms with van der Waals surface area (Å²) >= 11 is 5.97. The van der Waals surface area contributed by atoms with Crippen molar-refractivity contribution in [2.24, 2.45) is 0 Å². The number of methoxy groups -OCH3 is 1. The predicted molar refractivity (Wildman–Crippen MR) is 74.7 cm³/mol. The maximum Gasteiger partial charge on any atom is 0.139 e. The number of hydrogen-bond donors (Lipinski definition) is 1. The molecule has 1 heterocycles. The molecule has 0 saturated carbocycles. The molecule has 1 N–H and O–H groups in total. The number of hydrogen-bond acceptors (Lipinski definition) is 3. The van der Waals surface area contributed by atoms with Gasteiger partial charge in [0, 0.05) is 24.9 Å². The number of anilines is 1. The Kier molecular flexibility index (Phi) is 5.14. The molecule has 2 rings (SSSR count). The van der Waals surface area contributed by atoms with Crippen LogP contribution in [0.5, 0.6) is 5.75 Å². The van der Waals surface area contributed by atoms with Gasteiger partial charge in [-0.05, 0) is 37.8 Å². The summed E-state index contributed by atoms with van der Waals surface area (Å²) in [5, 5.41) is 4.02. The van der Waals surface area contributed by atoms with Gasteiger partial charge in [-0.2, -0.15) is 0 Å². The molecule has 0 aliphatic carbocycles. The molecule has 1 aromatic carbocycles. The predicted octanol–water partition coefficient (Wildman–Crippen LogP) is 3.72. The molecule has 1 aliphatic heterocycles. The van der Waals surface area contributed by atoms with E-state index in [2.05, 4.69) is 5.32 Å². The Balaban J connectivity index is 1.72. The zero-order valence-corrected chi connectivity index (χ0v) is 11.5. The summed E-state index contributed by atoms with van der Waals surface area (Å²) in [7, 11) is 1.63. The van der Waals surface area contributed by atoms with Crippen LogP contribution in [0.4, 0.5) is 5.69 Å². The molecule has 0 aromatic heterocycles. The van der Waals surface area contributed by atoms with E-state index in [1.807, 2.05) is 18.2 Å². The van der Waals surface area contributed by atoms with Crippen molar-refractivity contribution in [2.45, 2.75) is 31.8 Å². The fraction of sp³-hybridized carbons (Fsp3) is 0.571. The number of ether oxygens (including phenoxy) is 2. The third kappa shape index (κ3) is 3.79. The van der Waals surface area contributed by atoms with Crippen molar-refractivity contribution in [2.75, 3.05) is 25.6 Å². The summed E-state index contributed by atoms with van der Waals surface area (Å²) < 4.78 is 10.8. The van der Waals surface area contributed by atoms with Gasteiger partial charge >= 0.3 is 0 Å². The zero-order valence-electron chi connectivity index (χ0n) is 10.7. The van der Waals surface area contributed by atoms with Crippen LogP contribution in [-0.4, -0.2) is 26.4 Å². The molecule has 1 aromatic rings. The number of rotatable bonds is 6. The highest BCUT2D eigenvalue weighted by atomic mass is 35.5. The zero-order chi connectivity index (χ0) is 12.8. The highest BCUT2D eigenvalue weighted by Gasteiger charge is 2.14.